The SMILES string of the molecule is Cn1c2ccccc2c2ccc3c4ccc5c6ccccc6n(-c6ccccc6)c5c4oc3c21. The Morgan fingerprint density at radius 2 is 1.00 bits per heavy atom. The summed E-state index contributed by atoms with van der Waals surface area (Å²) < 4.78 is 11.4. The number of aryl methyl sites for hydroxylation is 1. The minimum Gasteiger partial charge on any atom is -0.452 e. The average molecular weight is 437 g/mol. The highest BCUT2D eigenvalue weighted by Gasteiger charge is 2.21. The van der Waals surface area contributed by atoms with Crippen molar-refractivity contribution in [3.8, 4) is 5.69 Å². The van der Waals surface area contributed by atoms with E-state index in [2.05, 4.69) is 119 Å². The summed E-state index contributed by atoms with van der Waals surface area (Å²) >= 11 is 0. The van der Waals surface area contributed by atoms with E-state index >= 15 is 0 Å². The van der Waals surface area contributed by atoms with Crippen LogP contribution in [-0.4, -0.2) is 9.13 Å². The van der Waals surface area contributed by atoms with Gasteiger partial charge in [-0.1, -0.05) is 66.7 Å². The highest BCUT2D eigenvalue weighted by atomic mass is 16.3. The molecule has 0 fully saturated rings. The van der Waals surface area contributed by atoms with Crippen molar-refractivity contribution in [2.45, 2.75) is 0 Å². The number of benzene rings is 5. The van der Waals surface area contributed by atoms with E-state index in [4.69, 9.17) is 4.42 Å². The van der Waals surface area contributed by atoms with Crippen molar-refractivity contribution in [3.63, 3.8) is 0 Å². The molecule has 8 aromatic rings. The van der Waals surface area contributed by atoms with Crippen LogP contribution in [0.25, 0.3) is 71.2 Å². The van der Waals surface area contributed by atoms with Gasteiger partial charge in [0.05, 0.1) is 16.6 Å². The lowest BCUT2D eigenvalue weighted by Gasteiger charge is -2.07. The van der Waals surface area contributed by atoms with Crippen LogP contribution in [0.3, 0.4) is 0 Å². The number of aromatic nitrogens is 2. The highest BCUT2D eigenvalue weighted by Crippen LogP contribution is 2.43. The molecule has 0 amide bonds. The maximum absolute atomic E-state index is 6.84. The zero-order valence-electron chi connectivity index (χ0n) is 18.6. The van der Waals surface area contributed by atoms with Crippen LogP contribution in [0.4, 0.5) is 0 Å². The topological polar surface area (TPSA) is 23.0 Å². The molecular weight excluding hydrogens is 416 g/mol. The predicted octanol–water partition coefficient (Wildman–Crippen LogP) is 8.33. The summed E-state index contributed by atoms with van der Waals surface area (Å²) in [6, 6.07) is 36.7. The van der Waals surface area contributed by atoms with Gasteiger partial charge < -0.3 is 13.6 Å². The Morgan fingerprint density at radius 1 is 0.471 bits per heavy atom. The van der Waals surface area contributed by atoms with Crippen LogP contribution in [0.15, 0.2) is 108 Å². The van der Waals surface area contributed by atoms with Gasteiger partial charge in [-0.25, -0.2) is 0 Å². The summed E-state index contributed by atoms with van der Waals surface area (Å²) in [5, 5.41) is 7.22. The van der Waals surface area contributed by atoms with Gasteiger partial charge in [-0.2, -0.15) is 0 Å². The van der Waals surface area contributed by atoms with Crippen molar-refractivity contribution in [2.24, 2.45) is 7.05 Å². The van der Waals surface area contributed by atoms with E-state index in [-0.39, 0.29) is 0 Å². The molecule has 0 N–H and O–H groups in total. The Kier molecular flexibility index (Phi) is 3.33. The molecule has 0 saturated carbocycles. The molecule has 3 heteroatoms. The molecule has 0 bridgehead atoms. The van der Waals surface area contributed by atoms with E-state index in [1.165, 1.54) is 32.6 Å². The molecule has 8 rings (SSSR count). The number of hydrogen-bond donors (Lipinski definition) is 0. The summed E-state index contributed by atoms with van der Waals surface area (Å²) in [7, 11) is 2.13. The van der Waals surface area contributed by atoms with E-state index < -0.39 is 0 Å². The molecule has 0 aliphatic rings. The van der Waals surface area contributed by atoms with Crippen molar-refractivity contribution < 1.29 is 4.42 Å². The van der Waals surface area contributed by atoms with Gasteiger partial charge in [-0.05, 0) is 36.4 Å². The first-order valence-electron chi connectivity index (χ1n) is 11.6. The smallest absolute Gasteiger partial charge is 0.160 e. The molecule has 3 nitrogen and oxygen atoms in total. The number of nitrogens with zero attached hydrogens (tertiary/aromatic N) is 2. The van der Waals surface area contributed by atoms with Gasteiger partial charge >= 0.3 is 0 Å². The minimum atomic E-state index is 0.935. The van der Waals surface area contributed by atoms with Gasteiger partial charge in [-0.3, -0.25) is 0 Å². The van der Waals surface area contributed by atoms with Gasteiger partial charge in [-0.15, -0.1) is 0 Å². The normalized spacial score (nSPS) is 12.3. The third-order valence-electron chi connectivity index (χ3n) is 7.32. The third kappa shape index (κ3) is 2.12. The van der Waals surface area contributed by atoms with Crippen LogP contribution in [-0.2, 0) is 7.05 Å². The summed E-state index contributed by atoms with van der Waals surface area (Å²) in [5.41, 5.74) is 7.68. The Morgan fingerprint density at radius 3 is 1.74 bits per heavy atom. The van der Waals surface area contributed by atoms with Crippen molar-refractivity contribution in [1.29, 1.82) is 0 Å². The second-order valence-electron chi connectivity index (χ2n) is 9.04. The second-order valence-corrected chi connectivity index (χ2v) is 9.04. The summed E-state index contributed by atoms with van der Waals surface area (Å²) in [6.07, 6.45) is 0. The maximum atomic E-state index is 6.84. The van der Waals surface area contributed by atoms with E-state index in [0.29, 0.717) is 0 Å². The lowest BCUT2D eigenvalue weighted by atomic mass is 10.1. The summed E-state index contributed by atoms with van der Waals surface area (Å²) in [5.74, 6) is 0. The third-order valence-corrected chi connectivity index (χ3v) is 7.32. The Labute approximate surface area is 195 Å². The van der Waals surface area contributed by atoms with Gasteiger partial charge in [0.15, 0.2) is 11.2 Å². The number of furan rings is 1. The van der Waals surface area contributed by atoms with Crippen molar-refractivity contribution in [3.05, 3.63) is 103 Å². The van der Waals surface area contributed by atoms with Crippen LogP contribution in [0.2, 0.25) is 0 Å². The Balaban J connectivity index is 1.62. The molecule has 3 aromatic heterocycles. The molecule has 0 radical (unpaired) electrons. The Bertz CT molecular complexity index is 2070. The number of fused-ring (bicyclic) bond motifs is 11. The van der Waals surface area contributed by atoms with E-state index in [9.17, 15) is 0 Å². The summed E-state index contributed by atoms with van der Waals surface area (Å²) in [4.78, 5) is 0. The van der Waals surface area contributed by atoms with Gasteiger partial charge in [0.2, 0.25) is 0 Å². The fourth-order valence-corrected chi connectivity index (χ4v) is 5.84. The first-order chi connectivity index (χ1) is 16.8. The van der Waals surface area contributed by atoms with Crippen LogP contribution < -0.4 is 0 Å². The van der Waals surface area contributed by atoms with Crippen molar-refractivity contribution in [1.82, 2.24) is 9.13 Å². The molecule has 160 valence electrons. The average Bonchev–Trinajstić information content (AvgIpc) is 3.53. The van der Waals surface area contributed by atoms with Crippen LogP contribution in [0.5, 0.6) is 0 Å². The maximum Gasteiger partial charge on any atom is 0.160 e. The number of rotatable bonds is 1. The molecule has 3 heterocycles. The largest absolute Gasteiger partial charge is 0.452 e. The molecule has 34 heavy (non-hydrogen) atoms. The van der Waals surface area contributed by atoms with Gasteiger partial charge in [0.1, 0.15) is 0 Å². The molecule has 0 aliphatic heterocycles. The van der Waals surface area contributed by atoms with Crippen molar-refractivity contribution in [2.75, 3.05) is 0 Å². The monoisotopic (exact) mass is 436 g/mol. The molecule has 0 atom stereocenters. The van der Waals surface area contributed by atoms with E-state index in [1.807, 2.05) is 0 Å². The number of hydrogen-bond acceptors (Lipinski definition) is 1. The predicted molar refractivity (Wildman–Crippen MR) is 142 cm³/mol. The molecular formula is C31H20N2O. The quantitative estimate of drug-likeness (QED) is 0.254. The van der Waals surface area contributed by atoms with Crippen LogP contribution in [0.1, 0.15) is 0 Å². The number of para-hydroxylation sites is 3. The van der Waals surface area contributed by atoms with E-state index in [1.54, 1.807) is 0 Å². The first-order valence-corrected chi connectivity index (χ1v) is 11.6. The van der Waals surface area contributed by atoms with Crippen molar-refractivity contribution >= 4 is 65.6 Å². The first kappa shape index (κ1) is 18.0. The fraction of sp³-hybridized carbons (Fsp3) is 0.0323. The lowest BCUT2D eigenvalue weighted by molar-refractivity contribution is 0.672. The van der Waals surface area contributed by atoms with Crippen LogP contribution in [0, 0.1) is 0 Å². The Hall–Kier alpha value is -4.50. The fourth-order valence-electron chi connectivity index (χ4n) is 5.84. The molecule has 0 spiro atoms. The van der Waals surface area contributed by atoms with Gasteiger partial charge in [0.25, 0.3) is 0 Å². The van der Waals surface area contributed by atoms with Crippen LogP contribution >= 0.6 is 0 Å². The van der Waals surface area contributed by atoms with E-state index in [0.717, 1.165) is 38.7 Å². The molecule has 5 aromatic carbocycles. The zero-order valence-corrected chi connectivity index (χ0v) is 18.6. The molecule has 0 unspecified atom stereocenters. The lowest BCUT2D eigenvalue weighted by Crippen LogP contribution is -1.93. The van der Waals surface area contributed by atoms with Gasteiger partial charge in [0, 0.05) is 50.6 Å². The molecule has 0 aliphatic carbocycles. The highest BCUT2D eigenvalue weighted by molar-refractivity contribution is 6.25. The molecule has 0 saturated heterocycles. The minimum absolute atomic E-state index is 0.935. The second kappa shape index (κ2) is 6.30. The standard InChI is InChI=1S/C31H20N2O/c1-32-26-13-7-5-11-20(26)22-15-17-24-25-18-16-23-21-12-6-8-14-27(21)33(19-9-3-2-4-10-19)29(23)31(25)34-30(24)28(22)32/h2-18H,1H3. The zero-order chi connectivity index (χ0) is 22.4. The summed E-state index contributed by atoms with van der Waals surface area (Å²) in [6.45, 7) is 0.